The van der Waals surface area contributed by atoms with Crippen LogP contribution in [0.5, 0.6) is 0 Å². The van der Waals surface area contributed by atoms with Crippen LogP contribution in [-0.2, 0) is 13.2 Å². The van der Waals surface area contributed by atoms with Gasteiger partial charge in [-0.2, -0.15) is 18.3 Å². The number of anilines is 1. The molecule has 0 unspecified atom stereocenters. The molecule has 4 aromatic heterocycles. The number of alkyl halides is 3. The Morgan fingerprint density at radius 2 is 1.80 bits per heavy atom. The van der Waals surface area contributed by atoms with Gasteiger partial charge in [-0.25, -0.2) is 9.78 Å². The molecule has 0 spiro atoms. The van der Waals surface area contributed by atoms with Gasteiger partial charge in [0.1, 0.15) is 5.82 Å². The number of nitrogens with zero attached hydrogens (tertiary/aromatic N) is 6. The van der Waals surface area contributed by atoms with Crippen molar-refractivity contribution < 1.29 is 13.2 Å². The summed E-state index contributed by atoms with van der Waals surface area (Å²) in [6.45, 7) is 5.81. The van der Waals surface area contributed by atoms with E-state index in [0.29, 0.717) is 38.9 Å². The SMILES string of the molecule is Cc1nn(C(C)C)cc1-n1c(=O)n(C)c2cnc3ccc(-c4cnc(N)c(C(F)(F)F)c4)cc3c21. The summed E-state index contributed by atoms with van der Waals surface area (Å²) in [7, 11) is 1.65. The van der Waals surface area contributed by atoms with Gasteiger partial charge in [0.2, 0.25) is 0 Å². The lowest BCUT2D eigenvalue weighted by Gasteiger charge is -2.12. The Morgan fingerprint density at radius 3 is 2.46 bits per heavy atom. The molecule has 1 aromatic carbocycles. The minimum Gasteiger partial charge on any atom is -0.383 e. The van der Waals surface area contributed by atoms with Crippen LogP contribution in [0, 0.1) is 6.92 Å². The molecule has 0 aliphatic carbocycles. The number of halogens is 3. The van der Waals surface area contributed by atoms with Gasteiger partial charge in [0, 0.05) is 36.4 Å². The molecule has 2 N–H and O–H groups in total. The number of aryl methyl sites for hydroxylation is 2. The van der Waals surface area contributed by atoms with Gasteiger partial charge in [-0.15, -0.1) is 0 Å². The van der Waals surface area contributed by atoms with E-state index in [0.717, 1.165) is 6.07 Å². The summed E-state index contributed by atoms with van der Waals surface area (Å²) in [4.78, 5) is 21.5. The van der Waals surface area contributed by atoms with E-state index in [-0.39, 0.29) is 17.3 Å². The van der Waals surface area contributed by atoms with Gasteiger partial charge in [0.15, 0.2) is 0 Å². The zero-order chi connectivity index (χ0) is 25.2. The lowest BCUT2D eigenvalue weighted by atomic mass is 10.0. The minimum atomic E-state index is -4.63. The van der Waals surface area contributed by atoms with E-state index in [4.69, 9.17) is 5.73 Å². The van der Waals surface area contributed by atoms with Crippen molar-refractivity contribution in [3.63, 3.8) is 0 Å². The predicted molar refractivity (Wildman–Crippen MR) is 127 cm³/mol. The van der Waals surface area contributed by atoms with E-state index < -0.39 is 17.6 Å². The Kier molecular flexibility index (Phi) is 4.97. The molecule has 5 aromatic rings. The second kappa shape index (κ2) is 7.69. The van der Waals surface area contributed by atoms with Crippen LogP contribution in [0.2, 0.25) is 0 Å². The standard InChI is InChI=1S/C24H22F3N7O/c1-12(2)33-11-20(13(3)31-33)34-21-16-7-14(15-8-17(24(25,26)27)22(28)30-9-15)5-6-18(16)29-10-19(21)32(4)23(34)35/h5-12H,1-4H3,(H2,28,30). The van der Waals surface area contributed by atoms with Gasteiger partial charge in [-0.3, -0.25) is 18.8 Å². The summed E-state index contributed by atoms with van der Waals surface area (Å²) in [6.07, 6.45) is 0.0986. The van der Waals surface area contributed by atoms with E-state index in [1.54, 1.807) is 40.7 Å². The van der Waals surface area contributed by atoms with Crippen LogP contribution < -0.4 is 11.4 Å². The number of nitrogen functional groups attached to an aromatic ring is 1. The molecular weight excluding hydrogens is 459 g/mol. The molecule has 0 aliphatic heterocycles. The van der Waals surface area contributed by atoms with E-state index in [1.807, 2.05) is 27.0 Å². The predicted octanol–water partition coefficient (Wildman–Crippen LogP) is 4.63. The van der Waals surface area contributed by atoms with Gasteiger partial charge in [-0.1, -0.05) is 6.07 Å². The van der Waals surface area contributed by atoms with Crippen LogP contribution in [-0.4, -0.2) is 28.9 Å². The quantitative estimate of drug-likeness (QED) is 0.405. The number of pyridine rings is 2. The smallest absolute Gasteiger partial charge is 0.383 e. The third-order valence-electron chi connectivity index (χ3n) is 6.10. The lowest BCUT2D eigenvalue weighted by molar-refractivity contribution is -0.137. The largest absolute Gasteiger partial charge is 0.419 e. The van der Waals surface area contributed by atoms with Gasteiger partial charge < -0.3 is 5.73 Å². The first-order chi connectivity index (χ1) is 16.5. The van der Waals surface area contributed by atoms with Crippen molar-refractivity contribution in [2.45, 2.75) is 33.0 Å². The topological polar surface area (TPSA) is 96.5 Å². The van der Waals surface area contributed by atoms with Gasteiger partial charge in [0.05, 0.1) is 39.7 Å². The normalized spacial score (nSPS) is 12.3. The van der Waals surface area contributed by atoms with E-state index >= 15 is 0 Å². The number of fused-ring (bicyclic) bond motifs is 3. The van der Waals surface area contributed by atoms with Gasteiger partial charge >= 0.3 is 11.9 Å². The van der Waals surface area contributed by atoms with E-state index in [9.17, 15) is 18.0 Å². The maximum atomic E-state index is 13.4. The molecule has 0 atom stereocenters. The molecule has 0 saturated carbocycles. The Morgan fingerprint density at radius 1 is 1.06 bits per heavy atom. The second-order valence-corrected chi connectivity index (χ2v) is 8.73. The first-order valence-electron chi connectivity index (χ1n) is 10.9. The Labute approximate surface area is 197 Å². The maximum absolute atomic E-state index is 13.4. The average Bonchev–Trinajstić information content (AvgIpc) is 3.30. The Hall–Kier alpha value is -4.15. The molecule has 0 amide bonds. The first-order valence-corrected chi connectivity index (χ1v) is 10.9. The Balaban J connectivity index is 1.82. The number of hydrogen-bond acceptors (Lipinski definition) is 5. The van der Waals surface area contributed by atoms with Crippen LogP contribution in [0.25, 0.3) is 38.8 Å². The maximum Gasteiger partial charge on any atom is 0.419 e. The molecule has 4 heterocycles. The van der Waals surface area contributed by atoms with Crippen molar-refractivity contribution in [3.05, 3.63) is 64.6 Å². The molecule has 0 radical (unpaired) electrons. The molecule has 35 heavy (non-hydrogen) atoms. The van der Waals surface area contributed by atoms with Gasteiger partial charge in [0.25, 0.3) is 0 Å². The number of nitrogens with two attached hydrogens (primary N) is 1. The summed E-state index contributed by atoms with van der Waals surface area (Å²) < 4.78 is 45.1. The van der Waals surface area contributed by atoms with Crippen LogP contribution in [0.15, 0.2) is 47.7 Å². The number of benzene rings is 1. The average molecular weight is 481 g/mol. The highest BCUT2D eigenvalue weighted by Crippen LogP contribution is 2.36. The van der Waals surface area contributed by atoms with Crippen molar-refractivity contribution >= 4 is 27.8 Å². The van der Waals surface area contributed by atoms with E-state index in [1.165, 1.54) is 10.8 Å². The third-order valence-corrected chi connectivity index (χ3v) is 6.10. The molecule has 180 valence electrons. The van der Waals surface area contributed by atoms with Crippen molar-refractivity contribution in [1.29, 1.82) is 0 Å². The summed E-state index contributed by atoms with van der Waals surface area (Å²) in [5.41, 5.74) is 8.00. The highest BCUT2D eigenvalue weighted by molar-refractivity contribution is 6.04. The first kappa shape index (κ1) is 22.6. The molecule has 8 nitrogen and oxygen atoms in total. The van der Waals surface area contributed by atoms with Crippen molar-refractivity contribution in [2.75, 3.05) is 5.73 Å². The lowest BCUT2D eigenvalue weighted by Crippen LogP contribution is -2.21. The van der Waals surface area contributed by atoms with Gasteiger partial charge in [-0.05, 0) is 44.5 Å². The highest BCUT2D eigenvalue weighted by atomic mass is 19.4. The molecule has 0 fully saturated rings. The van der Waals surface area contributed by atoms with Crippen molar-refractivity contribution in [2.24, 2.45) is 7.05 Å². The van der Waals surface area contributed by atoms with Crippen molar-refractivity contribution in [1.82, 2.24) is 28.9 Å². The van der Waals surface area contributed by atoms with Crippen molar-refractivity contribution in [3.8, 4) is 16.8 Å². The fourth-order valence-electron chi connectivity index (χ4n) is 4.22. The molecular formula is C24H22F3N7O. The minimum absolute atomic E-state index is 0.0963. The highest BCUT2D eigenvalue weighted by Gasteiger charge is 2.34. The zero-order valence-electron chi connectivity index (χ0n) is 19.4. The number of imidazole rings is 1. The molecule has 0 bridgehead atoms. The van der Waals surface area contributed by atoms with Crippen LogP contribution in [0.1, 0.15) is 31.1 Å². The number of hydrogen-bond donors (Lipinski definition) is 1. The number of aromatic nitrogens is 6. The Bertz CT molecular complexity index is 1680. The summed E-state index contributed by atoms with van der Waals surface area (Å²) in [6, 6.07) is 6.17. The molecule has 5 rings (SSSR count). The van der Waals surface area contributed by atoms with Crippen LogP contribution >= 0.6 is 0 Å². The number of rotatable bonds is 3. The summed E-state index contributed by atoms with van der Waals surface area (Å²) in [5, 5.41) is 5.15. The van der Waals surface area contributed by atoms with Crippen LogP contribution in [0.4, 0.5) is 19.0 Å². The monoisotopic (exact) mass is 481 g/mol. The second-order valence-electron chi connectivity index (χ2n) is 8.73. The summed E-state index contributed by atoms with van der Waals surface area (Å²) >= 11 is 0. The fraction of sp³-hybridized carbons (Fsp3) is 0.250. The van der Waals surface area contributed by atoms with E-state index in [2.05, 4.69) is 15.1 Å². The molecule has 0 aliphatic rings. The summed E-state index contributed by atoms with van der Waals surface area (Å²) in [5.74, 6) is -0.583. The molecule has 11 heteroatoms. The fourth-order valence-corrected chi connectivity index (χ4v) is 4.22. The molecule has 0 saturated heterocycles. The zero-order valence-corrected chi connectivity index (χ0v) is 19.4. The third kappa shape index (κ3) is 3.54. The van der Waals surface area contributed by atoms with Crippen LogP contribution in [0.3, 0.4) is 0 Å².